The van der Waals surface area contributed by atoms with Crippen molar-refractivity contribution in [2.24, 2.45) is 12.0 Å². The standard InChI is InChI=1S/C19H27F2N5.HI/c1-6-22-19(23-11-15-10-16(20)7-8-18(15)21)24-12(2)9-17-13(3)25-26(5)14(17)4;/h7-8,10,12H,6,9,11H2,1-5H3,(H2,22,23,24);1H. The van der Waals surface area contributed by atoms with Crippen LogP contribution in [0.4, 0.5) is 8.78 Å². The minimum absolute atomic E-state index is 0. The van der Waals surface area contributed by atoms with Gasteiger partial charge in [-0.05, 0) is 57.9 Å². The van der Waals surface area contributed by atoms with Crippen molar-refractivity contribution in [1.82, 2.24) is 20.4 Å². The zero-order valence-corrected chi connectivity index (χ0v) is 18.8. The first kappa shape index (κ1) is 23.3. The molecule has 5 nitrogen and oxygen atoms in total. The molecule has 0 saturated carbocycles. The Morgan fingerprint density at radius 1 is 1.30 bits per heavy atom. The fourth-order valence-electron chi connectivity index (χ4n) is 2.85. The Kier molecular flexibility index (Phi) is 9.14. The van der Waals surface area contributed by atoms with Gasteiger partial charge in [0, 0.05) is 30.9 Å². The summed E-state index contributed by atoms with van der Waals surface area (Å²) in [7, 11) is 1.93. The summed E-state index contributed by atoms with van der Waals surface area (Å²) >= 11 is 0. The van der Waals surface area contributed by atoms with Crippen molar-refractivity contribution in [3.8, 4) is 0 Å². The van der Waals surface area contributed by atoms with Crippen LogP contribution in [-0.4, -0.2) is 28.3 Å². The molecule has 0 aliphatic carbocycles. The Morgan fingerprint density at radius 3 is 2.59 bits per heavy atom. The zero-order valence-electron chi connectivity index (χ0n) is 16.4. The molecule has 0 fully saturated rings. The fourth-order valence-corrected chi connectivity index (χ4v) is 2.85. The Hall–Kier alpha value is -1.71. The molecule has 2 rings (SSSR count). The molecule has 0 amide bonds. The summed E-state index contributed by atoms with van der Waals surface area (Å²) in [5, 5.41) is 10.9. The summed E-state index contributed by atoms with van der Waals surface area (Å²) in [6.45, 7) is 8.81. The van der Waals surface area contributed by atoms with Gasteiger partial charge in [-0.3, -0.25) is 4.68 Å². The van der Waals surface area contributed by atoms with E-state index < -0.39 is 11.6 Å². The first-order valence-electron chi connectivity index (χ1n) is 8.79. The van der Waals surface area contributed by atoms with E-state index in [-0.39, 0.29) is 42.1 Å². The highest BCUT2D eigenvalue weighted by atomic mass is 127. The number of aliphatic imine (C=N–C) groups is 1. The van der Waals surface area contributed by atoms with Crippen molar-refractivity contribution in [3.63, 3.8) is 0 Å². The van der Waals surface area contributed by atoms with E-state index in [1.807, 2.05) is 32.5 Å². The van der Waals surface area contributed by atoms with Crippen LogP contribution < -0.4 is 10.6 Å². The highest BCUT2D eigenvalue weighted by molar-refractivity contribution is 14.0. The van der Waals surface area contributed by atoms with E-state index in [1.54, 1.807) is 0 Å². The molecular weight excluding hydrogens is 463 g/mol. The lowest BCUT2D eigenvalue weighted by Gasteiger charge is -2.18. The maximum Gasteiger partial charge on any atom is 0.191 e. The van der Waals surface area contributed by atoms with Gasteiger partial charge in [-0.25, -0.2) is 13.8 Å². The van der Waals surface area contributed by atoms with Crippen LogP contribution in [0.2, 0.25) is 0 Å². The second-order valence-corrected chi connectivity index (χ2v) is 6.45. The minimum atomic E-state index is -0.467. The summed E-state index contributed by atoms with van der Waals surface area (Å²) in [5.74, 6) is -0.353. The normalized spacial score (nSPS) is 12.5. The number of aryl methyl sites for hydroxylation is 2. The third-order valence-electron chi connectivity index (χ3n) is 4.31. The number of aromatic nitrogens is 2. The molecule has 0 spiro atoms. The third kappa shape index (κ3) is 6.44. The smallest absolute Gasteiger partial charge is 0.191 e. The molecule has 1 unspecified atom stereocenters. The second-order valence-electron chi connectivity index (χ2n) is 6.45. The molecule has 0 bridgehead atoms. The summed E-state index contributed by atoms with van der Waals surface area (Å²) in [6.07, 6.45) is 0.796. The Bertz CT molecular complexity index is 789. The maximum absolute atomic E-state index is 13.8. The van der Waals surface area contributed by atoms with Crippen LogP contribution in [0, 0.1) is 25.5 Å². The Balaban J connectivity index is 0.00000364. The molecule has 0 radical (unpaired) electrons. The van der Waals surface area contributed by atoms with Crippen LogP contribution in [0.1, 0.15) is 36.4 Å². The number of nitrogens with zero attached hydrogens (tertiary/aromatic N) is 3. The molecule has 150 valence electrons. The van der Waals surface area contributed by atoms with Crippen molar-refractivity contribution in [3.05, 3.63) is 52.3 Å². The molecule has 1 aromatic heterocycles. The molecule has 0 aliphatic heterocycles. The van der Waals surface area contributed by atoms with E-state index in [2.05, 4.69) is 27.6 Å². The van der Waals surface area contributed by atoms with Crippen LogP contribution >= 0.6 is 24.0 Å². The lowest BCUT2D eigenvalue weighted by molar-refractivity contribution is 0.584. The molecule has 1 aromatic carbocycles. The second kappa shape index (κ2) is 10.6. The summed E-state index contributed by atoms with van der Waals surface area (Å²) < 4.78 is 28.9. The van der Waals surface area contributed by atoms with E-state index in [9.17, 15) is 8.78 Å². The summed E-state index contributed by atoms with van der Waals surface area (Å²) in [4.78, 5) is 4.38. The zero-order chi connectivity index (χ0) is 19.3. The number of nitrogens with one attached hydrogen (secondary N) is 2. The van der Waals surface area contributed by atoms with Crippen LogP contribution in [-0.2, 0) is 20.0 Å². The summed E-state index contributed by atoms with van der Waals surface area (Å²) in [6, 6.07) is 3.50. The first-order valence-corrected chi connectivity index (χ1v) is 8.79. The highest BCUT2D eigenvalue weighted by Crippen LogP contribution is 2.14. The average molecular weight is 491 g/mol. The molecule has 8 heteroatoms. The molecule has 2 N–H and O–H groups in total. The van der Waals surface area contributed by atoms with E-state index in [0.29, 0.717) is 12.5 Å². The monoisotopic (exact) mass is 491 g/mol. The van der Waals surface area contributed by atoms with Crippen LogP contribution in [0.15, 0.2) is 23.2 Å². The van der Waals surface area contributed by atoms with Gasteiger partial charge in [-0.1, -0.05) is 0 Å². The van der Waals surface area contributed by atoms with E-state index in [4.69, 9.17) is 0 Å². The Morgan fingerprint density at radius 2 is 2.00 bits per heavy atom. The number of hydrogen-bond donors (Lipinski definition) is 2. The predicted octanol–water partition coefficient (Wildman–Crippen LogP) is 3.62. The predicted molar refractivity (Wildman–Crippen MR) is 116 cm³/mol. The molecular formula is C19H28F2IN5. The fraction of sp³-hybridized carbons (Fsp3) is 0.474. The molecule has 27 heavy (non-hydrogen) atoms. The molecule has 1 heterocycles. The van der Waals surface area contributed by atoms with Crippen molar-refractivity contribution < 1.29 is 8.78 Å². The average Bonchev–Trinajstić information content (AvgIpc) is 2.82. The quantitative estimate of drug-likeness (QED) is 0.369. The molecule has 1 atom stereocenters. The van der Waals surface area contributed by atoms with E-state index >= 15 is 0 Å². The lowest BCUT2D eigenvalue weighted by atomic mass is 10.1. The Labute approximate surface area is 176 Å². The van der Waals surface area contributed by atoms with Gasteiger partial charge >= 0.3 is 0 Å². The highest BCUT2D eigenvalue weighted by Gasteiger charge is 2.14. The van der Waals surface area contributed by atoms with Crippen molar-refractivity contribution in [2.45, 2.75) is 46.7 Å². The maximum atomic E-state index is 13.8. The van der Waals surface area contributed by atoms with Crippen molar-refractivity contribution >= 4 is 29.9 Å². The molecule has 0 aliphatic rings. The lowest BCUT2D eigenvalue weighted by Crippen LogP contribution is -2.43. The van der Waals surface area contributed by atoms with Gasteiger partial charge in [0.15, 0.2) is 5.96 Å². The number of rotatable bonds is 6. The van der Waals surface area contributed by atoms with Gasteiger partial charge < -0.3 is 10.6 Å². The SMILES string of the molecule is CCNC(=NCc1cc(F)ccc1F)NC(C)Cc1c(C)nn(C)c1C.I. The van der Waals surface area contributed by atoms with E-state index in [1.165, 1.54) is 11.6 Å². The van der Waals surface area contributed by atoms with Crippen molar-refractivity contribution in [2.75, 3.05) is 6.54 Å². The van der Waals surface area contributed by atoms with Gasteiger partial charge in [0.1, 0.15) is 11.6 Å². The largest absolute Gasteiger partial charge is 0.357 e. The number of halogens is 3. The number of guanidine groups is 1. The molecule has 0 saturated heterocycles. The summed E-state index contributed by atoms with van der Waals surface area (Å²) in [5.41, 5.74) is 3.59. The van der Waals surface area contributed by atoms with Crippen LogP contribution in [0.5, 0.6) is 0 Å². The van der Waals surface area contributed by atoms with Crippen LogP contribution in [0.25, 0.3) is 0 Å². The topological polar surface area (TPSA) is 54.2 Å². The van der Waals surface area contributed by atoms with Crippen LogP contribution in [0.3, 0.4) is 0 Å². The molecule has 2 aromatic rings. The third-order valence-corrected chi connectivity index (χ3v) is 4.31. The van der Waals surface area contributed by atoms with Gasteiger partial charge in [-0.2, -0.15) is 5.10 Å². The first-order chi connectivity index (χ1) is 12.3. The van der Waals surface area contributed by atoms with E-state index in [0.717, 1.165) is 29.9 Å². The van der Waals surface area contributed by atoms with Crippen molar-refractivity contribution in [1.29, 1.82) is 0 Å². The number of hydrogen-bond acceptors (Lipinski definition) is 2. The minimum Gasteiger partial charge on any atom is -0.357 e. The van der Waals surface area contributed by atoms with Gasteiger partial charge in [0.05, 0.1) is 12.2 Å². The van der Waals surface area contributed by atoms with Gasteiger partial charge in [0.25, 0.3) is 0 Å². The van der Waals surface area contributed by atoms with Gasteiger partial charge in [0.2, 0.25) is 0 Å². The number of benzene rings is 1. The van der Waals surface area contributed by atoms with Gasteiger partial charge in [-0.15, -0.1) is 24.0 Å².